The highest BCUT2D eigenvalue weighted by Gasteiger charge is 2.36. The fourth-order valence-electron chi connectivity index (χ4n) is 4.81. The monoisotopic (exact) mass is 566 g/mol. The van der Waals surface area contributed by atoms with Crippen LogP contribution in [0.4, 0.5) is 0 Å². The first-order valence-electron chi connectivity index (χ1n) is 15.7. The molecule has 0 aliphatic carbocycles. The van der Waals surface area contributed by atoms with E-state index in [1.54, 1.807) is 20.3 Å². The number of hydrogen-bond donors (Lipinski definition) is 1. The molecule has 0 amide bonds. The average Bonchev–Trinajstić information content (AvgIpc) is 2.97. The minimum atomic E-state index is -1.15. The van der Waals surface area contributed by atoms with Gasteiger partial charge < -0.3 is 24.1 Å². The Morgan fingerprint density at radius 3 is 1.68 bits per heavy atom. The van der Waals surface area contributed by atoms with E-state index in [9.17, 15) is 5.11 Å². The molecule has 0 aromatic carbocycles. The average molecular weight is 567 g/mol. The molecule has 5 nitrogen and oxygen atoms in total. The number of methoxy groups -OCH3 is 2. The topological polar surface area (TPSA) is 57.2 Å². The molecule has 0 aliphatic rings. The second-order valence-electron chi connectivity index (χ2n) is 12.8. The molecule has 6 atom stereocenters. The summed E-state index contributed by atoms with van der Waals surface area (Å²) < 4.78 is 24.6. The van der Waals surface area contributed by atoms with Crippen LogP contribution in [0, 0.1) is 5.92 Å². The Morgan fingerprint density at radius 1 is 0.700 bits per heavy atom. The quantitative estimate of drug-likeness (QED) is 0.106. The summed E-state index contributed by atoms with van der Waals surface area (Å²) in [4.78, 5) is 0. The van der Waals surface area contributed by atoms with Crippen molar-refractivity contribution < 1.29 is 24.1 Å². The molecular formula is C35H66O5. The molecule has 0 radical (unpaired) electrons. The SMILES string of the molecule is C=CC(O)(CCCC(C)(CC)OC)COC(C=C)(CCCC(C)(CC)OC)COC(C)(C=C)CCCC(C)CC. The lowest BCUT2D eigenvalue weighted by Crippen LogP contribution is -2.45. The summed E-state index contributed by atoms with van der Waals surface area (Å²) >= 11 is 0. The predicted molar refractivity (Wildman–Crippen MR) is 171 cm³/mol. The van der Waals surface area contributed by atoms with Gasteiger partial charge in [-0.3, -0.25) is 0 Å². The third-order valence-corrected chi connectivity index (χ3v) is 9.61. The van der Waals surface area contributed by atoms with Gasteiger partial charge in [-0.25, -0.2) is 0 Å². The normalized spacial score (nSPS) is 20.2. The highest BCUT2D eigenvalue weighted by molar-refractivity contribution is 5.03. The van der Waals surface area contributed by atoms with Crippen molar-refractivity contribution in [3.05, 3.63) is 38.0 Å². The van der Waals surface area contributed by atoms with Crippen LogP contribution >= 0.6 is 0 Å². The molecule has 0 heterocycles. The molecule has 0 spiro atoms. The summed E-state index contributed by atoms with van der Waals surface area (Å²) in [6.45, 7) is 27.8. The second kappa shape index (κ2) is 18.5. The van der Waals surface area contributed by atoms with Crippen LogP contribution in [0.15, 0.2) is 38.0 Å². The van der Waals surface area contributed by atoms with Gasteiger partial charge in [0.1, 0.15) is 11.2 Å². The summed E-state index contributed by atoms with van der Waals surface area (Å²) in [5.41, 5.74) is -2.76. The molecule has 1 N–H and O–H groups in total. The van der Waals surface area contributed by atoms with Crippen molar-refractivity contribution in [3.8, 4) is 0 Å². The van der Waals surface area contributed by atoms with Crippen molar-refractivity contribution in [2.24, 2.45) is 5.92 Å². The molecule has 0 aromatic rings. The fourth-order valence-corrected chi connectivity index (χ4v) is 4.81. The molecule has 0 aromatic heterocycles. The lowest BCUT2D eigenvalue weighted by Gasteiger charge is -2.38. The van der Waals surface area contributed by atoms with Gasteiger partial charge in [0.25, 0.3) is 0 Å². The predicted octanol–water partition coefficient (Wildman–Crippen LogP) is 8.99. The Morgan fingerprint density at radius 2 is 1.25 bits per heavy atom. The van der Waals surface area contributed by atoms with Crippen molar-refractivity contribution in [2.75, 3.05) is 27.4 Å². The van der Waals surface area contributed by atoms with E-state index in [0.29, 0.717) is 25.4 Å². The number of aliphatic hydroxyl groups is 1. The summed E-state index contributed by atoms with van der Waals surface area (Å²) in [6, 6.07) is 0. The van der Waals surface area contributed by atoms with Crippen molar-refractivity contribution in [1.82, 2.24) is 0 Å². The Labute approximate surface area is 248 Å². The zero-order valence-electron chi connectivity index (χ0n) is 27.9. The lowest BCUT2D eigenvalue weighted by atomic mass is 9.89. The third-order valence-electron chi connectivity index (χ3n) is 9.61. The molecule has 0 saturated carbocycles. The van der Waals surface area contributed by atoms with E-state index >= 15 is 0 Å². The zero-order chi connectivity index (χ0) is 30.9. The van der Waals surface area contributed by atoms with Gasteiger partial charge >= 0.3 is 0 Å². The van der Waals surface area contributed by atoms with Gasteiger partial charge in [-0.05, 0) is 90.9 Å². The molecular weight excluding hydrogens is 500 g/mol. The van der Waals surface area contributed by atoms with Crippen molar-refractivity contribution in [1.29, 1.82) is 0 Å². The maximum atomic E-state index is 11.4. The minimum Gasteiger partial charge on any atom is -0.383 e. The standard InChI is InChI=1S/C35H66O5/c1-13-30(7)22-19-23-33(10,16-4)39-29-35(18-6,27-21-25-32(9,15-3)38-12)40-28-34(36,17-5)26-20-24-31(8,14-2)37-11/h16-18,30,36H,4-6,13-15,19-29H2,1-3,7-12H3. The lowest BCUT2D eigenvalue weighted by molar-refractivity contribution is -0.140. The maximum absolute atomic E-state index is 11.4. The molecule has 236 valence electrons. The van der Waals surface area contributed by atoms with E-state index in [-0.39, 0.29) is 17.8 Å². The smallest absolute Gasteiger partial charge is 0.109 e. The molecule has 0 aliphatic heterocycles. The molecule has 5 heteroatoms. The van der Waals surface area contributed by atoms with Crippen LogP contribution in [-0.4, -0.2) is 60.5 Å². The van der Waals surface area contributed by atoms with Gasteiger partial charge in [0.05, 0.1) is 30.0 Å². The highest BCUT2D eigenvalue weighted by atomic mass is 16.6. The van der Waals surface area contributed by atoms with Gasteiger partial charge in [-0.1, -0.05) is 58.8 Å². The van der Waals surface area contributed by atoms with E-state index in [1.165, 1.54) is 12.8 Å². The number of ether oxygens (including phenoxy) is 4. The Hall–Kier alpha value is -0.980. The summed E-state index contributed by atoms with van der Waals surface area (Å²) in [7, 11) is 3.52. The molecule has 0 fully saturated rings. The molecule has 0 rings (SSSR count). The van der Waals surface area contributed by atoms with E-state index in [1.807, 2.05) is 12.2 Å². The molecule has 40 heavy (non-hydrogen) atoms. The maximum Gasteiger partial charge on any atom is 0.109 e. The van der Waals surface area contributed by atoms with E-state index in [2.05, 4.69) is 68.2 Å². The van der Waals surface area contributed by atoms with Crippen LogP contribution in [-0.2, 0) is 18.9 Å². The second-order valence-corrected chi connectivity index (χ2v) is 12.8. The first-order chi connectivity index (χ1) is 18.7. The van der Waals surface area contributed by atoms with E-state index in [4.69, 9.17) is 18.9 Å². The van der Waals surface area contributed by atoms with Gasteiger partial charge in [0.2, 0.25) is 0 Å². The zero-order valence-corrected chi connectivity index (χ0v) is 27.9. The van der Waals surface area contributed by atoms with Crippen molar-refractivity contribution in [2.45, 2.75) is 154 Å². The molecule has 6 unspecified atom stereocenters. The van der Waals surface area contributed by atoms with E-state index < -0.39 is 16.8 Å². The van der Waals surface area contributed by atoms with Gasteiger partial charge in [-0.2, -0.15) is 0 Å². The minimum absolute atomic E-state index is 0.121. The van der Waals surface area contributed by atoms with Crippen LogP contribution in [0.25, 0.3) is 0 Å². The van der Waals surface area contributed by atoms with Crippen LogP contribution in [0.2, 0.25) is 0 Å². The van der Waals surface area contributed by atoms with Crippen LogP contribution < -0.4 is 0 Å². The number of hydrogen-bond acceptors (Lipinski definition) is 5. The van der Waals surface area contributed by atoms with Gasteiger partial charge in [-0.15, -0.1) is 19.7 Å². The number of rotatable bonds is 26. The van der Waals surface area contributed by atoms with Crippen LogP contribution in [0.3, 0.4) is 0 Å². The largest absolute Gasteiger partial charge is 0.383 e. The van der Waals surface area contributed by atoms with Gasteiger partial charge in [0, 0.05) is 14.2 Å². The summed E-state index contributed by atoms with van der Waals surface area (Å²) in [5, 5.41) is 11.4. The van der Waals surface area contributed by atoms with Crippen LogP contribution in [0.5, 0.6) is 0 Å². The fraction of sp³-hybridized carbons (Fsp3) is 0.829. The Bertz CT molecular complexity index is 713. The van der Waals surface area contributed by atoms with E-state index in [0.717, 1.165) is 51.4 Å². The summed E-state index contributed by atoms with van der Waals surface area (Å²) in [6.07, 6.45) is 16.2. The Kier molecular flexibility index (Phi) is 18.1. The van der Waals surface area contributed by atoms with Crippen molar-refractivity contribution in [3.63, 3.8) is 0 Å². The first-order valence-corrected chi connectivity index (χ1v) is 15.7. The summed E-state index contributed by atoms with van der Waals surface area (Å²) in [5.74, 6) is 0.703. The molecule has 0 bridgehead atoms. The van der Waals surface area contributed by atoms with Crippen molar-refractivity contribution >= 4 is 0 Å². The Balaban J connectivity index is 5.67. The third kappa shape index (κ3) is 13.8. The molecule has 0 saturated heterocycles. The van der Waals surface area contributed by atoms with Crippen LogP contribution in [0.1, 0.15) is 126 Å². The highest BCUT2D eigenvalue weighted by Crippen LogP contribution is 2.32. The van der Waals surface area contributed by atoms with Gasteiger partial charge in [0.15, 0.2) is 0 Å². The first kappa shape index (κ1) is 39.0.